The van der Waals surface area contributed by atoms with Gasteiger partial charge < -0.3 is 18.9 Å². The quantitative estimate of drug-likeness (QED) is 0.310. The van der Waals surface area contributed by atoms with Crippen molar-refractivity contribution in [3.8, 4) is 11.5 Å². The molecule has 0 aliphatic heterocycles. The third-order valence-electron chi connectivity index (χ3n) is 4.47. The summed E-state index contributed by atoms with van der Waals surface area (Å²) in [6, 6.07) is 7.28. The van der Waals surface area contributed by atoms with Gasteiger partial charge in [-0.25, -0.2) is 9.59 Å². The molecule has 0 saturated heterocycles. The first-order valence-corrected chi connectivity index (χ1v) is 9.70. The highest BCUT2D eigenvalue weighted by atomic mass is 16.7. The fraction of sp³-hybridized carbons (Fsp3) is 0.455. The summed E-state index contributed by atoms with van der Waals surface area (Å²) in [6.45, 7) is 8.28. The lowest BCUT2D eigenvalue weighted by molar-refractivity contribution is 0.0959. The molecule has 0 aromatic heterocycles. The van der Waals surface area contributed by atoms with Crippen LogP contribution in [-0.2, 0) is 9.47 Å². The zero-order chi connectivity index (χ0) is 20.5. The molecule has 6 nitrogen and oxygen atoms in total. The molecule has 0 spiro atoms. The molecule has 0 heterocycles. The molecule has 152 valence electrons. The van der Waals surface area contributed by atoms with Gasteiger partial charge in [0.2, 0.25) is 0 Å². The lowest BCUT2D eigenvalue weighted by Crippen LogP contribution is -2.15. The van der Waals surface area contributed by atoms with Crippen molar-refractivity contribution in [2.45, 2.75) is 53.4 Å². The first kappa shape index (κ1) is 21.5. The SMILES string of the molecule is CCCCOC(=O)Oc1c(C)c(C)c(OC(=O)OCCCC)c2ccccc12. The molecule has 0 N–H and O–H groups in total. The predicted octanol–water partition coefficient (Wildman–Crippen LogP) is 6.09. The number of carbonyl (C=O) groups excluding carboxylic acids is 2. The molecule has 0 aliphatic carbocycles. The topological polar surface area (TPSA) is 71.1 Å². The molecule has 2 aromatic carbocycles. The number of rotatable bonds is 8. The summed E-state index contributed by atoms with van der Waals surface area (Å²) in [7, 11) is 0. The zero-order valence-corrected chi connectivity index (χ0v) is 17.0. The normalized spacial score (nSPS) is 10.6. The maximum absolute atomic E-state index is 12.1. The van der Waals surface area contributed by atoms with E-state index >= 15 is 0 Å². The fourth-order valence-electron chi connectivity index (χ4n) is 2.71. The Morgan fingerprint density at radius 2 is 1.14 bits per heavy atom. The second-order valence-electron chi connectivity index (χ2n) is 6.56. The predicted molar refractivity (Wildman–Crippen MR) is 107 cm³/mol. The molecule has 2 aromatic rings. The van der Waals surface area contributed by atoms with E-state index in [4.69, 9.17) is 18.9 Å². The summed E-state index contributed by atoms with van der Waals surface area (Å²) < 4.78 is 21.2. The van der Waals surface area contributed by atoms with E-state index < -0.39 is 12.3 Å². The molecule has 0 amide bonds. The van der Waals surface area contributed by atoms with Crippen LogP contribution in [0.5, 0.6) is 11.5 Å². The summed E-state index contributed by atoms with van der Waals surface area (Å²) in [4.78, 5) is 24.1. The minimum Gasteiger partial charge on any atom is -0.434 e. The lowest BCUT2D eigenvalue weighted by Gasteiger charge is -2.17. The average molecular weight is 388 g/mol. The Bertz CT molecular complexity index is 759. The van der Waals surface area contributed by atoms with Crippen molar-refractivity contribution in [3.05, 3.63) is 35.4 Å². The zero-order valence-electron chi connectivity index (χ0n) is 17.0. The van der Waals surface area contributed by atoms with Crippen LogP contribution in [0.15, 0.2) is 24.3 Å². The van der Waals surface area contributed by atoms with E-state index in [2.05, 4.69) is 0 Å². The Balaban J connectivity index is 2.32. The second-order valence-corrected chi connectivity index (χ2v) is 6.56. The third kappa shape index (κ3) is 5.38. The largest absolute Gasteiger partial charge is 0.513 e. The standard InChI is InChI=1S/C22H28O6/c1-5-7-13-25-21(23)27-19-15(3)16(4)20(18-12-10-9-11-17(18)19)28-22(24)26-14-8-6-2/h9-12H,5-8,13-14H2,1-4H3. The van der Waals surface area contributed by atoms with Gasteiger partial charge in [0.05, 0.1) is 13.2 Å². The van der Waals surface area contributed by atoms with Gasteiger partial charge >= 0.3 is 12.3 Å². The van der Waals surface area contributed by atoms with Gasteiger partial charge in [-0.1, -0.05) is 51.0 Å². The first-order chi connectivity index (χ1) is 13.5. The van der Waals surface area contributed by atoms with Crippen molar-refractivity contribution in [3.63, 3.8) is 0 Å². The summed E-state index contributed by atoms with van der Waals surface area (Å²) >= 11 is 0. The maximum atomic E-state index is 12.1. The number of benzene rings is 2. The van der Waals surface area contributed by atoms with Crippen molar-refractivity contribution < 1.29 is 28.5 Å². The summed E-state index contributed by atoms with van der Waals surface area (Å²) in [5, 5.41) is 1.32. The van der Waals surface area contributed by atoms with E-state index in [0.717, 1.165) is 25.7 Å². The van der Waals surface area contributed by atoms with Crippen LogP contribution >= 0.6 is 0 Å². The van der Waals surface area contributed by atoms with E-state index in [-0.39, 0.29) is 0 Å². The summed E-state index contributed by atoms with van der Waals surface area (Å²) in [5.41, 5.74) is 1.39. The van der Waals surface area contributed by atoms with Crippen LogP contribution < -0.4 is 9.47 Å². The number of unbranched alkanes of at least 4 members (excludes halogenated alkanes) is 2. The van der Waals surface area contributed by atoms with Gasteiger partial charge in [0.15, 0.2) is 0 Å². The van der Waals surface area contributed by atoms with Crippen molar-refractivity contribution in [1.82, 2.24) is 0 Å². The lowest BCUT2D eigenvalue weighted by atomic mass is 9.99. The number of carbonyl (C=O) groups is 2. The maximum Gasteiger partial charge on any atom is 0.513 e. The van der Waals surface area contributed by atoms with Crippen molar-refractivity contribution in [2.24, 2.45) is 0 Å². The van der Waals surface area contributed by atoms with Gasteiger partial charge in [0.1, 0.15) is 11.5 Å². The van der Waals surface area contributed by atoms with Gasteiger partial charge in [0.25, 0.3) is 0 Å². The van der Waals surface area contributed by atoms with Crippen LogP contribution in [0.25, 0.3) is 10.8 Å². The highest BCUT2D eigenvalue weighted by Crippen LogP contribution is 2.40. The smallest absolute Gasteiger partial charge is 0.434 e. The van der Waals surface area contributed by atoms with E-state index in [9.17, 15) is 9.59 Å². The number of ether oxygens (including phenoxy) is 4. The minimum absolute atomic E-state index is 0.316. The van der Waals surface area contributed by atoms with Crippen LogP contribution in [0.4, 0.5) is 9.59 Å². The molecular formula is C22H28O6. The van der Waals surface area contributed by atoms with Gasteiger partial charge in [-0.05, 0) is 37.8 Å². The number of hydrogen-bond donors (Lipinski definition) is 0. The highest BCUT2D eigenvalue weighted by Gasteiger charge is 2.21. The molecule has 0 bridgehead atoms. The Morgan fingerprint density at radius 1 is 0.750 bits per heavy atom. The van der Waals surface area contributed by atoms with Gasteiger partial charge in [-0.15, -0.1) is 0 Å². The van der Waals surface area contributed by atoms with Gasteiger partial charge in [0, 0.05) is 10.8 Å². The fourth-order valence-corrected chi connectivity index (χ4v) is 2.71. The van der Waals surface area contributed by atoms with Crippen LogP contribution in [-0.4, -0.2) is 25.5 Å². The van der Waals surface area contributed by atoms with E-state index in [0.29, 0.717) is 46.6 Å². The molecular weight excluding hydrogens is 360 g/mol. The monoisotopic (exact) mass is 388 g/mol. The third-order valence-corrected chi connectivity index (χ3v) is 4.47. The van der Waals surface area contributed by atoms with Crippen molar-refractivity contribution in [1.29, 1.82) is 0 Å². The average Bonchev–Trinajstić information content (AvgIpc) is 2.69. The van der Waals surface area contributed by atoms with Crippen LogP contribution in [0, 0.1) is 13.8 Å². The van der Waals surface area contributed by atoms with Crippen LogP contribution in [0.1, 0.15) is 50.7 Å². The Morgan fingerprint density at radius 3 is 1.50 bits per heavy atom. The summed E-state index contributed by atoms with van der Waals surface area (Å²) in [6.07, 6.45) is 1.92. The molecule has 6 heteroatoms. The number of hydrogen-bond acceptors (Lipinski definition) is 6. The first-order valence-electron chi connectivity index (χ1n) is 9.70. The van der Waals surface area contributed by atoms with Gasteiger partial charge in [-0.2, -0.15) is 0 Å². The molecule has 2 rings (SSSR count). The van der Waals surface area contributed by atoms with Crippen molar-refractivity contribution in [2.75, 3.05) is 13.2 Å². The Kier molecular flexibility index (Phi) is 8.11. The minimum atomic E-state index is -0.742. The molecule has 0 saturated carbocycles. The number of fused-ring (bicyclic) bond motifs is 1. The molecule has 0 unspecified atom stereocenters. The van der Waals surface area contributed by atoms with E-state index in [1.54, 1.807) is 0 Å². The van der Waals surface area contributed by atoms with Crippen LogP contribution in [0.2, 0.25) is 0 Å². The molecule has 0 atom stereocenters. The molecule has 0 aliphatic rings. The molecule has 0 fully saturated rings. The van der Waals surface area contributed by atoms with Crippen molar-refractivity contribution >= 4 is 23.1 Å². The molecule has 0 radical (unpaired) electrons. The molecule has 28 heavy (non-hydrogen) atoms. The summed E-state index contributed by atoms with van der Waals surface area (Å²) in [5.74, 6) is 0.808. The highest BCUT2D eigenvalue weighted by molar-refractivity contribution is 5.98. The Labute approximate surface area is 165 Å². The second kappa shape index (κ2) is 10.5. The van der Waals surface area contributed by atoms with E-state index in [1.165, 1.54) is 0 Å². The van der Waals surface area contributed by atoms with Crippen LogP contribution in [0.3, 0.4) is 0 Å². The van der Waals surface area contributed by atoms with E-state index in [1.807, 2.05) is 52.0 Å². The Hall–Kier alpha value is -2.76. The van der Waals surface area contributed by atoms with Gasteiger partial charge in [-0.3, -0.25) is 0 Å².